The number of halogens is 2. The Morgan fingerprint density at radius 2 is 2.21 bits per heavy atom. The van der Waals surface area contributed by atoms with E-state index >= 15 is 0 Å². The Morgan fingerprint density at radius 1 is 1.50 bits per heavy atom. The summed E-state index contributed by atoms with van der Waals surface area (Å²) < 4.78 is 25.6. The standard InChI is InChI=1S/C9H15F2N3/c1-7(2)12-4-3-8-13-5-6-14(8)9(10)11/h5-7,9,12H,3-4H2,1-2H3. The van der Waals surface area contributed by atoms with Gasteiger partial charge in [-0.3, -0.25) is 4.57 Å². The summed E-state index contributed by atoms with van der Waals surface area (Å²) in [5.74, 6) is 0.424. The van der Waals surface area contributed by atoms with E-state index in [-0.39, 0.29) is 0 Å². The molecule has 0 spiro atoms. The molecule has 0 bridgehead atoms. The molecule has 0 unspecified atom stereocenters. The SMILES string of the molecule is CC(C)NCCc1nccn1C(F)F. The summed E-state index contributed by atoms with van der Waals surface area (Å²) in [4.78, 5) is 3.88. The molecule has 5 heteroatoms. The largest absolute Gasteiger partial charge is 0.319 e. The molecule has 0 fully saturated rings. The van der Waals surface area contributed by atoms with Gasteiger partial charge in [-0.15, -0.1) is 0 Å². The van der Waals surface area contributed by atoms with Crippen molar-refractivity contribution in [3.8, 4) is 0 Å². The Labute approximate surface area is 82.1 Å². The summed E-state index contributed by atoms with van der Waals surface area (Å²) in [6, 6.07) is 0.366. The van der Waals surface area contributed by atoms with E-state index in [0.717, 1.165) is 4.57 Å². The van der Waals surface area contributed by atoms with Crippen molar-refractivity contribution in [1.29, 1.82) is 0 Å². The lowest BCUT2D eigenvalue weighted by molar-refractivity contribution is 0.0670. The predicted octanol–water partition coefficient (Wildman–Crippen LogP) is 1.82. The zero-order valence-corrected chi connectivity index (χ0v) is 8.37. The normalized spacial score (nSPS) is 11.6. The number of nitrogens with zero attached hydrogens (tertiary/aromatic N) is 2. The van der Waals surface area contributed by atoms with E-state index in [2.05, 4.69) is 10.3 Å². The van der Waals surface area contributed by atoms with Crippen molar-refractivity contribution in [2.24, 2.45) is 0 Å². The molecule has 0 aliphatic rings. The fourth-order valence-corrected chi connectivity index (χ4v) is 1.19. The van der Waals surface area contributed by atoms with Crippen LogP contribution in [0.1, 0.15) is 26.2 Å². The smallest absolute Gasteiger partial charge is 0.314 e. The van der Waals surface area contributed by atoms with Gasteiger partial charge in [0.2, 0.25) is 0 Å². The molecule has 0 aliphatic heterocycles. The van der Waals surface area contributed by atoms with Crippen molar-refractivity contribution in [2.45, 2.75) is 32.9 Å². The Hall–Kier alpha value is -0.970. The summed E-state index contributed by atoms with van der Waals surface area (Å²) in [6.07, 6.45) is 3.22. The van der Waals surface area contributed by atoms with Gasteiger partial charge < -0.3 is 5.32 Å². The molecule has 0 amide bonds. The van der Waals surface area contributed by atoms with Gasteiger partial charge in [-0.1, -0.05) is 13.8 Å². The van der Waals surface area contributed by atoms with Gasteiger partial charge in [0, 0.05) is 31.4 Å². The molecule has 0 radical (unpaired) electrons. The van der Waals surface area contributed by atoms with Crippen LogP contribution < -0.4 is 5.32 Å². The van der Waals surface area contributed by atoms with Gasteiger partial charge in [0.05, 0.1) is 0 Å². The molecular formula is C9H15F2N3. The molecule has 80 valence electrons. The highest BCUT2D eigenvalue weighted by atomic mass is 19.3. The van der Waals surface area contributed by atoms with Crippen molar-refractivity contribution in [1.82, 2.24) is 14.9 Å². The van der Waals surface area contributed by atoms with Crippen LogP contribution in [-0.4, -0.2) is 22.1 Å². The van der Waals surface area contributed by atoms with E-state index in [4.69, 9.17) is 0 Å². The first-order valence-electron chi connectivity index (χ1n) is 4.64. The van der Waals surface area contributed by atoms with E-state index in [0.29, 0.717) is 24.8 Å². The van der Waals surface area contributed by atoms with Gasteiger partial charge in [0.25, 0.3) is 0 Å². The monoisotopic (exact) mass is 203 g/mol. The average molecular weight is 203 g/mol. The molecule has 3 nitrogen and oxygen atoms in total. The number of alkyl halides is 2. The third kappa shape index (κ3) is 3.06. The van der Waals surface area contributed by atoms with E-state index in [9.17, 15) is 8.78 Å². The molecule has 1 rings (SSSR count). The highest BCUT2D eigenvalue weighted by molar-refractivity contribution is 4.93. The zero-order valence-electron chi connectivity index (χ0n) is 8.37. The van der Waals surface area contributed by atoms with Crippen molar-refractivity contribution in [3.05, 3.63) is 18.2 Å². The maximum Gasteiger partial charge on any atom is 0.319 e. The topological polar surface area (TPSA) is 29.9 Å². The Kier molecular flexibility index (Phi) is 4.00. The second kappa shape index (κ2) is 5.05. The molecule has 0 saturated carbocycles. The summed E-state index contributed by atoms with van der Waals surface area (Å²) >= 11 is 0. The van der Waals surface area contributed by atoms with Crippen molar-refractivity contribution < 1.29 is 8.78 Å². The minimum atomic E-state index is -2.49. The second-order valence-corrected chi connectivity index (χ2v) is 3.39. The van der Waals surface area contributed by atoms with E-state index in [1.807, 2.05) is 13.8 Å². The van der Waals surface area contributed by atoms with Crippen LogP contribution in [-0.2, 0) is 6.42 Å². The Balaban J connectivity index is 2.46. The van der Waals surface area contributed by atoms with Crippen LogP contribution in [0.3, 0.4) is 0 Å². The number of aromatic nitrogens is 2. The Bertz CT molecular complexity index is 271. The number of rotatable bonds is 5. The number of hydrogen-bond acceptors (Lipinski definition) is 2. The third-order valence-electron chi connectivity index (χ3n) is 1.86. The van der Waals surface area contributed by atoms with Crippen LogP contribution in [0.5, 0.6) is 0 Å². The number of imidazole rings is 1. The molecule has 1 aromatic rings. The lowest BCUT2D eigenvalue weighted by Gasteiger charge is -2.09. The molecule has 0 saturated heterocycles. The molecule has 0 aromatic carbocycles. The molecule has 14 heavy (non-hydrogen) atoms. The highest BCUT2D eigenvalue weighted by Gasteiger charge is 2.10. The van der Waals surface area contributed by atoms with Crippen molar-refractivity contribution in [3.63, 3.8) is 0 Å². The van der Waals surface area contributed by atoms with E-state index in [1.54, 1.807) is 0 Å². The summed E-state index contributed by atoms with van der Waals surface area (Å²) in [7, 11) is 0. The molecule has 1 heterocycles. The molecule has 0 atom stereocenters. The van der Waals surface area contributed by atoms with E-state index < -0.39 is 6.55 Å². The second-order valence-electron chi connectivity index (χ2n) is 3.39. The molecular weight excluding hydrogens is 188 g/mol. The summed E-state index contributed by atoms with van der Waals surface area (Å²) in [6.45, 7) is 2.20. The first-order chi connectivity index (χ1) is 6.61. The van der Waals surface area contributed by atoms with Crippen LogP contribution in [0.4, 0.5) is 8.78 Å². The first-order valence-corrected chi connectivity index (χ1v) is 4.64. The average Bonchev–Trinajstić information content (AvgIpc) is 2.51. The van der Waals surface area contributed by atoms with Crippen LogP contribution in [0.2, 0.25) is 0 Å². The zero-order chi connectivity index (χ0) is 10.6. The van der Waals surface area contributed by atoms with Gasteiger partial charge in [-0.25, -0.2) is 4.98 Å². The highest BCUT2D eigenvalue weighted by Crippen LogP contribution is 2.12. The fourth-order valence-electron chi connectivity index (χ4n) is 1.19. The lowest BCUT2D eigenvalue weighted by atomic mass is 10.3. The third-order valence-corrected chi connectivity index (χ3v) is 1.86. The van der Waals surface area contributed by atoms with Gasteiger partial charge in [0.1, 0.15) is 5.82 Å². The summed E-state index contributed by atoms with van der Waals surface area (Å²) in [5.41, 5.74) is 0. The van der Waals surface area contributed by atoms with Crippen molar-refractivity contribution in [2.75, 3.05) is 6.54 Å². The maximum atomic E-state index is 12.3. The van der Waals surface area contributed by atoms with Gasteiger partial charge in [-0.05, 0) is 0 Å². The van der Waals surface area contributed by atoms with Crippen LogP contribution in [0.25, 0.3) is 0 Å². The molecule has 1 N–H and O–H groups in total. The first kappa shape index (κ1) is 11.1. The minimum absolute atomic E-state index is 0.366. The number of nitrogens with one attached hydrogen (secondary N) is 1. The van der Waals surface area contributed by atoms with Gasteiger partial charge in [-0.2, -0.15) is 8.78 Å². The fraction of sp³-hybridized carbons (Fsp3) is 0.667. The van der Waals surface area contributed by atoms with Crippen LogP contribution in [0, 0.1) is 0 Å². The Morgan fingerprint density at radius 3 is 2.79 bits per heavy atom. The van der Waals surface area contributed by atoms with Crippen LogP contribution in [0.15, 0.2) is 12.4 Å². The number of hydrogen-bond donors (Lipinski definition) is 1. The molecule has 1 aromatic heterocycles. The van der Waals surface area contributed by atoms with Gasteiger partial charge in [0.15, 0.2) is 0 Å². The molecule has 0 aliphatic carbocycles. The van der Waals surface area contributed by atoms with Crippen molar-refractivity contribution >= 4 is 0 Å². The van der Waals surface area contributed by atoms with E-state index in [1.165, 1.54) is 12.4 Å². The van der Waals surface area contributed by atoms with Crippen LogP contribution >= 0.6 is 0 Å². The quantitative estimate of drug-likeness (QED) is 0.791. The summed E-state index contributed by atoms with van der Waals surface area (Å²) in [5, 5.41) is 3.15. The predicted molar refractivity (Wildman–Crippen MR) is 50.3 cm³/mol. The minimum Gasteiger partial charge on any atom is -0.314 e. The maximum absolute atomic E-state index is 12.3. The van der Waals surface area contributed by atoms with Gasteiger partial charge >= 0.3 is 6.55 Å². The lowest BCUT2D eigenvalue weighted by Crippen LogP contribution is -2.25.